The van der Waals surface area contributed by atoms with Gasteiger partial charge >= 0.3 is 12.1 Å². The molecule has 2 aromatic rings. The molecule has 2 aromatic carbocycles. The normalized spacial score (nSPS) is 14.4. The van der Waals surface area contributed by atoms with Gasteiger partial charge < -0.3 is 24.8 Å². The van der Waals surface area contributed by atoms with Crippen LogP contribution in [-0.4, -0.2) is 66.4 Å². The lowest BCUT2D eigenvalue weighted by molar-refractivity contribution is -0.143. The van der Waals surface area contributed by atoms with Crippen LogP contribution < -0.4 is 5.32 Å². The Labute approximate surface area is 206 Å². The summed E-state index contributed by atoms with van der Waals surface area (Å²) in [6, 6.07) is 15.1. The molecule has 0 spiro atoms. The number of hydrogen-bond acceptors (Lipinski definition) is 5. The van der Waals surface area contributed by atoms with Gasteiger partial charge in [-0.25, -0.2) is 4.79 Å². The second kappa shape index (κ2) is 10.9. The number of nitrogens with zero attached hydrogens (tertiary/aromatic N) is 1. The summed E-state index contributed by atoms with van der Waals surface area (Å²) in [5.74, 6) is -2.30. The number of ether oxygens (including phenoxy) is 2. The summed E-state index contributed by atoms with van der Waals surface area (Å²) in [5.41, 5.74) is 3.89. The molecule has 0 saturated carbocycles. The van der Waals surface area contributed by atoms with Crippen molar-refractivity contribution in [3.05, 3.63) is 59.7 Å². The van der Waals surface area contributed by atoms with Crippen molar-refractivity contribution in [2.24, 2.45) is 5.92 Å². The number of fused-ring (bicyclic) bond motifs is 3. The quantitative estimate of drug-likeness (QED) is 0.562. The number of nitrogens with one attached hydrogen (secondary N) is 1. The van der Waals surface area contributed by atoms with Crippen LogP contribution in [0.2, 0.25) is 0 Å². The zero-order valence-electron chi connectivity index (χ0n) is 20.9. The van der Waals surface area contributed by atoms with Gasteiger partial charge in [0.1, 0.15) is 12.6 Å². The minimum atomic E-state index is -1.02. The predicted octanol–water partition coefficient (Wildman–Crippen LogP) is 3.89. The third-order valence-electron chi connectivity index (χ3n) is 5.96. The van der Waals surface area contributed by atoms with Gasteiger partial charge in [-0.1, -0.05) is 55.5 Å². The van der Waals surface area contributed by atoms with Crippen LogP contribution in [0.3, 0.4) is 0 Å². The Kier molecular flexibility index (Phi) is 8.17. The largest absolute Gasteiger partial charge is 0.481 e. The number of hydrogen-bond donors (Lipinski definition) is 2. The zero-order chi connectivity index (χ0) is 25.8. The van der Waals surface area contributed by atoms with Gasteiger partial charge in [-0.3, -0.25) is 9.59 Å². The SMILES string of the molecule is CC(CN(C)C(=O)[C@H](COC(C)(C)C)NC(=O)OCC1c2ccccc2-c2ccccc21)C(=O)O. The van der Waals surface area contributed by atoms with Gasteiger partial charge in [-0.05, 0) is 43.0 Å². The van der Waals surface area contributed by atoms with Gasteiger partial charge in [0.15, 0.2) is 0 Å². The van der Waals surface area contributed by atoms with Crippen LogP contribution in [0.15, 0.2) is 48.5 Å². The van der Waals surface area contributed by atoms with Gasteiger partial charge in [0.2, 0.25) is 5.91 Å². The van der Waals surface area contributed by atoms with E-state index in [1.807, 2.05) is 57.2 Å². The first-order chi connectivity index (χ1) is 16.5. The smallest absolute Gasteiger partial charge is 0.407 e. The fourth-order valence-electron chi connectivity index (χ4n) is 4.14. The number of carbonyl (C=O) groups is 3. The lowest BCUT2D eigenvalue weighted by atomic mass is 9.98. The van der Waals surface area contributed by atoms with E-state index in [-0.39, 0.29) is 25.7 Å². The fraction of sp³-hybridized carbons (Fsp3) is 0.444. The van der Waals surface area contributed by atoms with Crippen molar-refractivity contribution in [1.82, 2.24) is 10.2 Å². The Bertz CT molecular complexity index is 1030. The van der Waals surface area contributed by atoms with E-state index in [0.717, 1.165) is 22.3 Å². The summed E-state index contributed by atoms with van der Waals surface area (Å²) >= 11 is 0. The zero-order valence-corrected chi connectivity index (χ0v) is 20.9. The average molecular weight is 483 g/mol. The molecule has 1 aliphatic carbocycles. The maximum atomic E-state index is 13.0. The molecule has 35 heavy (non-hydrogen) atoms. The van der Waals surface area contributed by atoms with E-state index < -0.39 is 35.5 Å². The predicted molar refractivity (Wildman–Crippen MR) is 132 cm³/mol. The molecule has 3 rings (SSSR count). The lowest BCUT2D eigenvalue weighted by Crippen LogP contribution is -2.52. The minimum Gasteiger partial charge on any atom is -0.481 e. The number of aliphatic carboxylic acids is 1. The molecule has 0 bridgehead atoms. The number of likely N-dealkylation sites (N-methyl/N-ethyl adjacent to an activating group) is 1. The topological polar surface area (TPSA) is 105 Å². The van der Waals surface area contributed by atoms with Gasteiger partial charge in [0.25, 0.3) is 0 Å². The minimum absolute atomic E-state index is 0.00650. The second-order valence-electron chi connectivity index (χ2n) is 9.90. The van der Waals surface area contributed by atoms with E-state index in [2.05, 4.69) is 17.4 Å². The highest BCUT2D eigenvalue weighted by molar-refractivity contribution is 5.86. The highest BCUT2D eigenvalue weighted by Gasteiger charge is 2.31. The van der Waals surface area contributed by atoms with Crippen LogP contribution in [0.1, 0.15) is 44.7 Å². The Hall–Kier alpha value is -3.39. The van der Waals surface area contributed by atoms with Gasteiger partial charge in [-0.2, -0.15) is 0 Å². The Balaban J connectivity index is 1.68. The summed E-state index contributed by atoms with van der Waals surface area (Å²) in [5, 5.41) is 11.8. The number of alkyl carbamates (subject to hydrolysis) is 1. The molecule has 2 atom stereocenters. The number of benzene rings is 2. The Morgan fingerprint density at radius 3 is 2.09 bits per heavy atom. The Morgan fingerprint density at radius 1 is 1.03 bits per heavy atom. The van der Waals surface area contributed by atoms with Gasteiger partial charge in [0, 0.05) is 19.5 Å². The first-order valence-electron chi connectivity index (χ1n) is 11.7. The van der Waals surface area contributed by atoms with Crippen molar-refractivity contribution in [2.45, 2.75) is 45.3 Å². The van der Waals surface area contributed by atoms with Crippen molar-refractivity contribution in [2.75, 3.05) is 26.8 Å². The molecule has 0 saturated heterocycles. The van der Waals surface area contributed by atoms with E-state index in [1.54, 1.807) is 0 Å². The average Bonchev–Trinajstić information content (AvgIpc) is 3.13. The summed E-state index contributed by atoms with van der Waals surface area (Å²) in [4.78, 5) is 38.3. The van der Waals surface area contributed by atoms with Crippen LogP contribution in [0.4, 0.5) is 4.79 Å². The van der Waals surface area contributed by atoms with Crippen molar-refractivity contribution in [1.29, 1.82) is 0 Å². The molecule has 8 nitrogen and oxygen atoms in total. The Morgan fingerprint density at radius 2 is 1.57 bits per heavy atom. The van der Waals surface area contributed by atoms with Gasteiger partial charge in [0.05, 0.1) is 18.1 Å². The number of carboxylic acids is 1. The second-order valence-corrected chi connectivity index (χ2v) is 9.90. The molecule has 0 aromatic heterocycles. The summed E-state index contributed by atoms with van der Waals surface area (Å²) in [6.07, 6.45) is -0.734. The molecule has 1 aliphatic rings. The molecular formula is C27H34N2O6. The first kappa shape index (κ1) is 26.2. The van der Waals surface area contributed by atoms with E-state index in [9.17, 15) is 14.4 Å². The standard InChI is InChI=1S/C27H34N2O6/c1-17(25(31)32)14-29(5)24(30)23(16-35-27(2,3)4)28-26(33)34-15-22-20-12-8-6-10-18(20)19-11-7-9-13-21(19)22/h6-13,17,22-23H,14-16H2,1-5H3,(H,28,33)(H,31,32)/t17?,23-/m0/s1. The third-order valence-corrected chi connectivity index (χ3v) is 5.96. The maximum Gasteiger partial charge on any atom is 0.407 e. The van der Waals surface area contributed by atoms with E-state index >= 15 is 0 Å². The molecule has 0 heterocycles. The molecule has 2 amide bonds. The number of carbonyl (C=O) groups excluding carboxylic acids is 2. The molecule has 8 heteroatoms. The molecule has 188 valence electrons. The van der Waals surface area contributed by atoms with Crippen LogP contribution in [-0.2, 0) is 19.1 Å². The lowest BCUT2D eigenvalue weighted by Gasteiger charge is -2.28. The van der Waals surface area contributed by atoms with E-state index in [1.165, 1.54) is 18.9 Å². The van der Waals surface area contributed by atoms with E-state index in [0.29, 0.717) is 0 Å². The van der Waals surface area contributed by atoms with Gasteiger partial charge in [-0.15, -0.1) is 0 Å². The first-order valence-corrected chi connectivity index (χ1v) is 11.7. The van der Waals surface area contributed by atoms with Crippen LogP contribution in [0, 0.1) is 5.92 Å². The molecule has 2 N–H and O–H groups in total. The molecule has 0 fully saturated rings. The van der Waals surface area contributed by atoms with Crippen molar-refractivity contribution < 1.29 is 29.0 Å². The molecule has 0 radical (unpaired) electrons. The number of amides is 2. The highest BCUT2D eigenvalue weighted by atomic mass is 16.5. The number of carboxylic acid groups (broad SMARTS) is 1. The van der Waals surface area contributed by atoms with Crippen LogP contribution in [0.5, 0.6) is 0 Å². The molecular weight excluding hydrogens is 448 g/mol. The number of rotatable bonds is 9. The molecule has 1 unspecified atom stereocenters. The maximum absolute atomic E-state index is 13.0. The van der Waals surface area contributed by atoms with Crippen molar-refractivity contribution >= 4 is 18.0 Å². The highest BCUT2D eigenvalue weighted by Crippen LogP contribution is 2.44. The van der Waals surface area contributed by atoms with Crippen molar-refractivity contribution in [3.63, 3.8) is 0 Å². The monoisotopic (exact) mass is 482 g/mol. The third kappa shape index (κ3) is 6.60. The van der Waals surface area contributed by atoms with Crippen molar-refractivity contribution in [3.8, 4) is 11.1 Å². The summed E-state index contributed by atoms with van der Waals surface area (Å²) in [6.45, 7) is 7.11. The van der Waals surface area contributed by atoms with Crippen LogP contribution >= 0.6 is 0 Å². The summed E-state index contributed by atoms with van der Waals surface area (Å²) < 4.78 is 11.3. The molecule has 0 aliphatic heterocycles. The van der Waals surface area contributed by atoms with Crippen LogP contribution in [0.25, 0.3) is 11.1 Å². The summed E-state index contributed by atoms with van der Waals surface area (Å²) in [7, 11) is 1.51. The fourth-order valence-corrected chi connectivity index (χ4v) is 4.14. The van der Waals surface area contributed by atoms with E-state index in [4.69, 9.17) is 14.6 Å².